The van der Waals surface area contributed by atoms with E-state index in [4.69, 9.17) is 0 Å². The van der Waals surface area contributed by atoms with Crippen LogP contribution in [0.3, 0.4) is 0 Å². The molecule has 1 aliphatic heterocycles. The van der Waals surface area contributed by atoms with Crippen molar-refractivity contribution in [3.63, 3.8) is 0 Å². The van der Waals surface area contributed by atoms with Gasteiger partial charge in [-0.2, -0.15) is 0 Å². The van der Waals surface area contributed by atoms with Crippen LogP contribution in [0.25, 0.3) is 0 Å². The second-order valence-corrected chi connectivity index (χ2v) is 6.43. The number of aromatic nitrogens is 1. The molecule has 0 aliphatic carbocycles. The Morgan fingerprint density at radius 3 is 2.90 bits per heavy atom. The number of nitrogens with zero attached hydrogens (tertiary/aromatic N) is 2. The Hall–Kier alpha value is -1.39. The van der Waals surface area contributed by atoms with Crippen LogP contribution < -0.4 is 4.90 Å². The van der Waals surface area contributed by atoms with Crippen LogP contribution in [0.15, 0.2) is 35.7 Å². The van der Waals surface area contributed by atoms with Crippen molar-refractivity contribution in [3.8, 4) is 0 Å². The molecule has 1 aromatic carbocycles. The fraction of sp³-hybridized carbons (Fsp3) is 0.438. The maximum Gasteiger partial charge on any atom is 0.185 e. The van der Waals surface area contributed by atoms with Gasteiger partial charge in [0.05, 0.1) is 11.8 Å². The third kappa shape index (κ3) is 3.02. The van der Waals surface area contributed by atoms with E-state index >= 15 is 0 Å². The van der Waals surface area contributed by atoms with E-state index in [1.54, 1.807) is 11.3 Å². The van der Waals surface area contributed by atoms with E-state index in [0.29, 0.717) is 6.42 Å². The molecule has 0 saturated carbocycles. The molecule has 0 radical (unpaired) electrons. The first-order chi connectivity index (χ1) is 9.72. The van der Waals surface area contributed by atoms with E-state index in [2.05, 4.69) is 22.2 Å². The third-order valence-corrected chi connectivity index (χ3v) is 4.77. The lowest BCUT2D eigenvalue weighted by Gasteiger charge is -2.13. The second-order valence-electron chi connectivity index (χ2n) is 5.59. The molecule has 0 bridgehead atoms. The quantitative estimate of drug-likeness (QED) is 0.938. The first kappa shape index (κ1) is 13.6. The van der Waals surface area contributed by atoms with Gasteiger partial charge in [-0.1, -0.05) is 37.3 Å². The van der Waals surface area contributed by atoms with Crippen LogP contribution in [-0.2, 0) is 6.42 Å². The Morgan fingerprint density at radius 2 is 2.20 bits per heavy atom. The fourth-order valence-corrected chi connectivity index (χ4v) is 3.51. The van der Waals surface area contributed by atoms with Crippen LogP contribution >= 0.6 is 11.3 Å². The zero-order valence-electron chi connectivity index (χ0n) is 11.7. The molecule has 4 heteroatoms. The van der Waals surface area contributed by atoms with Gasteiger partial charge in [-0.25, -0.2) is 4.98 Å². The molecule has 1 N–H and O–H groups in total. The Kier molecular flexibility index (Phi) is 4.03. The largest absolute Gasteiger partial charge is 0.388 e. The van der Waals surface area contributed by atoms with E-state index in [1.807, 2.05) is 30.3 Å². The monoisotopic (exact) mass is 288 g/mol. The highest BCUT2D eigenvalue weighted by Crippen LogP contribution is 2.28. The maximum absolute atomic E-state index is 10.2. The minimum absolute atomic E-state index is 0.469. The van der Waals surface area contributed by atoms with E-state index in [0.717, 1.165) is 35.4 Å². The highest BCUT2D eigenvalue weighted by molar-refractivity contribution is 7.13. The first-order valence-corrected chi connectivity index (χ1v) is 8.02. The van der Waals surface area contributed by atoms with Crippen molar-refractivity contribution in [2.24, 2.45) is 5.92 Å². The molecule has 1 aliphatic rings. The summed E-state index contributed by atoms with van der Waals surface area (Å²) in [5.74, 6) is 0.761. The number of thiazole rings is 1. The molecule has 1 fully saturated rings. The summed E-state index contributed by atoms with van der Waals surface area (Å²) in [6.45, 7) is 4.50. The van der Waals surface area contributed by atoms with Crippen LogP contribution in [-0.4, -0.2) is 23.2 Å². The number of aliphatic hydroxyl groups excluding tert-OH is 1. The van der Waals surface area contributed by atoms with E-state index in [-0.39, 0.29) is 0 Å². The van der Waals surface area contributed by atoms with Gasteiger partial charge in [0.25, 0.3) is 0 Å². The van der Waals surface area contributed by atoms with Gasteiger partial charge in [0.15, 0.2) is 5.13 Å². The summed E-state index contributed by atoms with van der Waals surface area (Å²) < 4.78 is 0. The average Bonchev–Trinajstić information content (AvgIpc) is 3.09. The summed E-state index contributed by atoms with van der Waals surface area (Å²) in [6, 6.07) is 9.79. The maximum atomic E-state index is 10.2. The van der Waals surface area contributed by atoms with Gasteiger partial charge in [0, 0.05) is 24.9 Å². The highest BCUT2D eigenvalue weighted by Gasteiger charge is 2.21. The minimum Gasteiger partial charge on any atom is -0.388 e. The van der Waals surface area contributed by atoms with Crippen LogP contribution in [0.4, 0.5) is 5.13 Å². The van der Waals surface area contributed by atoms with Crippen LogP contribution in [0.1, 0.15) is 30.7 Å². The van der Waals surface area contributed by atoms with Crippen molar-refractivity contribution in [1.82, 2.24) is 4.98 Å². The summed E-state index contributed by atoms with van der Waals surface area (Å²) in [5, 5.41) is 13.4. The molecule has 1 aromatic heterocycles. The van der Waals surface area contributed by atoms with E-state index < -0.39 is 6.10 Å². The van der Waals surface area contributed by atoms with Gasteiger partial charge in [0.1, 0.15) is 0 Å². The molecule has 3 nitrogen and oxygen atoms in total. The van der Waals surface area contributed by atoms with Crippen LogP contribution in [0.2, 0.25) is 0 Å². The zero-order chi connectivity index (χ0) is 13.9. The summed E-state index contributed by atoms with van der Waals surface area (Å²) in [5.41, 5.74) is 1.94. The molecule has 1 saturated heterocycles. The number of hydrogen-bond acceptors (Lipinski definition) is 4. The van der Waals surface area contributed by atoms with Crippen molar-refractivity contribution >= 4 is 16.5 Å². The molecule has 0 spiro atoms. The second kappa shape index (κ2) is 5.94. The Bertz CT molecular complexity index is 555. The Labute approximate surface area is 123 Å². The molecule has 2 heterocycles. The van der Waals surface area contributed by atoms with Crippen molar-refractivity contribution in [2.45, 2.75) is 25.9 Å². The standard InChI is InChI=1S/C16H20N2OS/c1-12-7-8-18(10-12)16-17-14(11-20-16)9-15(19)13-5-3-2-4-6-13/h2-6,11-12,15,19H,7-10H2,1H3. The smallest absolute Gasteiger partial charge is 0.185 e. The molecule has 106 valence electrons. The van der Waals surface area contributed by atoms with Gasteiger partial charge in [-0.15, -0.1) is 11.3 Å². The zero-order valence-corrected chi connectivity index (χ0v) is 12.5. The highest BCUT2D eigenvalue weighted by atomic mass is 32.1. The Balaban J connectivity index is 1.65. The molecule has 2 aromatic rings. The van der Waals surface area contributed by atoms with Crippen molar-refractivity contribution in [3.05, 3.63) is 47.0 Å². The first-order valence-electron chi connectivity index (χ1n) is 7.14. The molecule has 3 rings (SSSR count). The van der Waals surface area contributed by atoms with Gasteiger partial charge in [0.2, 0.25) is 0 Å². The van der Waals surface area contributed by atoms with Crippen molar-refractivity contribution in [1.29, 1.82) is 0 Å². The number of aliphatic hydroxyl groups is 1. The van der Waals surface area contributed by atoms with Gasteiger partial charge >= 0.3 is 0 Å². The summed E-state index contributed by atoms with van der Waals surface area (Å²) in [7, 11) is 0. The average molecular weight is 288 g/mol. The molecule has 20 heavy (non-hydrogen) atoms. The molecule has 0 amide bonds. The lowest BCUT2D eigenvalue weighted by molar-refractivity contribution is 0.177. The van der Waals surface area contributed by atoms with Crippen LogP contribution in [0, 0.1) is 5.92 Å². The predicted octanol–water partition coefficient (Wildman–Crippen LogP) is 3.27. The normalized spacial score (nSPS) is 20.3. The number of hydrogen-bond donors (Lipinski definition) is 1. The Morgan fingerprint density at radius 1 is 1.40 bits per heavy atom. The molecular weight excluding hydrogens is 268 g/mol. The van der Waals surface area contributed by atoms with Crippen LogP contribution in [0.5, 0.6) is 0 Å². The number of anilines is 1. The van der Waals surface area contributed by atoms with E-state index in [9.17, 15) is 5.11 Å². The van der Waals surface area contributed by atoms with Gasteiger partial charge in [-0.05, 0) is 17.9 Å². The van der Waals surface area contributed by atoms with Gasteiger partial charge in [-0.3, -0.25) is 0 Å². The number of benzene rings is 1. The molecule has 2 unspecified atom stereocenters. The summed E-state index contributed by atoms with van der Waals surface area (Å²) >= 11 is 1.69. The third-order valence-electron chi connectivity index (χ3n) is 3.82. The van der Waals surface area contributed by atoms with E-state index in [1.165, 1.54) is 6.42 Å². The number of rotatable bonds is 4. The predicted molar refractivity (Wildman–Crippen MR) is 83.2 cm³/mol. The SMILES string of the molecule is CC1CCN(c2nc(CC(O)c3ccccc3)cs2)C1. The van der Waals surface area contributed by atoms with Gasteiger partial charge < -0.3 is 10.0 Å². The molecule has 2 atom stereocenters. The summed E-state index contributed by atoms with van der Waals surface area (Å²) in [6.07, 6.45) is 1.37. The molecular formula is C16H20N2OS. The van der Waals surface area contributed by atoms with Crippen molar-refractivity contribution < 1.29 is 5.11 Å². The summed E-state index contributed by atoms with van der Waals surface area (Å²) in [4.78, 5) is 7.03. The van der Waals surface area contributed by atoms with Crippen molar-refractivity contribution in [2.75, 3.05) is 18.0 Å². The lowest BCUT2D eigenvalue weighted by Crippen LogP contribution is -2.18. The lowest BCUT2D eigenvalue weighted by atomic mass is 10.1. The topological polar surface area (TPSA) is 36.4 Å². The minimum atomic E-state index is -0.469. The fourth-order valence-electron chi connectivity index (χ4n) is 2.64.